The van der Waals surface area contributed by atoms with Crippen LogP contribution in [0.2, 0.25) is 0 Å². The number of non-ortho nitro benzene ring substituents is 1. The highest BCUT2D eigenvalue weighted by molar-refractivity contribution is 5.94. The molecule has 1 heterocycles. The Labute approximate surface area is 139 Å². The zero-order valence-electron chi connectivity index (χ0n) is 13.2. The van der Waals surface area contributed by atoms with Gasteiger partial charge in [-0.15, -0.1) is 0 Å². The SMILES string of the molecule is O=C(c1ccc(OCc2cccc([N+](=O)[O-])c2)cc1)N1CCCC1. The molecular formula is C18H18N2O4. The summed E-state index contributed by atoms with van der Waals surface area (Å²) in [4.78, 5) is 24.5. The number of nitrogens with zero attached hydrogens (tertiary/aromatic N) is 2. The molecule has 0 spiro atoms. The van der Waals surface area contributed by atoms with Gasteiger partial charge in [0.25, 0.3) is 11.6 Å². The lowest BCUT2D eigenvalue weighted by atomic mass is 10.2. The topological polar surface area (TPSA) is 72.7 Å². The predicted octanol–water partition coefficient (Wildman–Crippen LogP) is 3.41. The van der Waals surface area contributed by atoms with Crippen molar-refractivity contribution in [3.63, 3.8) is 0 Å². The van der Waals surface area contributed by atoms with Crippen molar-refractivity contribution >= 4 is 11.6 Å². The van der Waals surface area contributed by atoms with Gasteiger partial charge in [0.15, 0.2) is 0 Å². The number of rotatable bonds is 5. The van der Waals surface area contributed by atoms with Gasteiger partial charge in [0.05, 0.1) is 4.92 Å². The smallest absolute Gasteiger partial charge is 0.269 e. The number of benzene rings is 2. The zero-order valence-corrected chi connectivity index (χ0v) is 13.2. The Morgan fingerprint density at radius 2 is 1.83 bits per heavy atom. The first-order chi connectivity index (χ1) is 11.6. The molecule has 24 heavy (non-hydrogen) atoms. The molecule has 124 valence electrons. The molecule has 0 saturated carbocycles. The Bertz CT molecular complexity index is 737. The largest absolute Gasteiger partial charge is 0.489 e. The maximum atomic E-state index is 12.3. The molecule has 0 radical (unpaired) electrons. The lowest BCUT2D eigenvalue weighted by Gasteiger charge is -2.15. The molecule has 1 aliphatic heterocycles. The molecule has 0 N–H and O–H groups in total. The number of carbonyl (C=O) groups excluding carboxylic acids is 1. The Hall–Kier alpha value is -2.89. The minimum absolute atomic E-state index is 0.0441. The molecule has 0 atom stereocenters. The molecular weight excluding hydrogens is 308 g/mol. The van der Waals surface area contributed by atoms with Crippen molar-refractivity contribution in [3.8, 4) is 5.75 Å². The summed E-state index contributed by atoms with van der Waals surface area (Å²) in [6, 6.07) is 13.4. The van der Waals surface area contributed by atoms with Gasteiger partial charge < -0.3 is 9.64 Å². The first-order valence-corrected chi connectivity index (χ1v) is 7.89. The Kier molecular flexibility index (Phi) is 4.74. The molecule has 0 unspecified atom stereocenters. The number of carbonyl (C=O) groups is 1. The van der Waals surface area contributed by atoms with Crippen LogP contribution in [-0.2, 0) is 6.61 Å². The summed E-state index contributed by atoms with van der Waals surface area (Å²) < 4.78 is 5.64. The van der Waals surface area contributed by atoms with Gasteiger partial charge in [0.1, 0.15) is 12.4 Å². The third-order valence-electron chi connectivity index (χ3n) is 4.02. The van der Waals surface area contributed by atoms with Crippen LogP contribution in [0.25, 0.3) is 0 Å². The van der Waals surface area contributed by atoms with Gasteiger partial charge in [-0.25, -0.2) is 0 Å². The molecule has 1 saturated heterocycles. The van der Waals surface area contributed by atoms with Crippen LogP contribution in [-0.4, -0.2) is 28.8 Å². The molecule has 6 nitrogen and oxygen atoms in total. The van der Waals surface area contributed by atoms with Gasteiger partial charge in [-0.3, -0.25) is 14.9 Å². The van der Waals surface area contributed by atoms with Crippen molar-refractivity contribution < 1.29 is 14.5 Å². The van der Waals surface area contributed by atoms with Crippen molar-refractivity contribution in [3.05, 3.63) is 69.8 Å². The fraction of sp³-hybridized carbons (Fsp3) is 0.278. The third-order valence-corrected chi connectivity index (χ3v) is 4.02. The Morgan fingerprint density at radius 3 is 2.50 bits per heavy atom. The maximum Gasteiger partial charge on any atom is 0.269 e. The minimum atomic E-state index is -0.428. The zero-order chi connectivity index (χ0) is 16.9. The number of ether oxygens (including phenoxy) is 1. The van der Waals surface area contributed by atoms with Crippen LogP contribution in [0.5, 0.6) is 5.75 Å². The number of amides is 1. The van der Waals surface area contributed by atoms with Crippen molar-refractivity contribution in [2.24, 2.45) is 0 Å². The number of nitro benzene ring substituents is 1. The Morgan fingerprint density at radius 1 is 1.12 bits per heavy atom. The second-order valence-electron chi connectivity index (χ2n) is 5.74. The highest BCUT2D eigenvalue weighted by Crippen LogP contribution is 2.19. The van der Waals surface area contributed by atoms with Crippen molar-refractivity contribution in [1.29, 1.82) is 0 Å². The number of likely N-dealkylation sites (tertiary alicyclic amines) is 1. The molecule has 0 bridgehead atoms. The van der Waals surface area contributed by atoms with Crippen LogP contribution in [0.15, 0.2) is 48.5 Å². The summed E-state index contributed by atoms with van der Waals surface area (Å²) in [6.07, 6.45) is 2.13. The van der Waals surface area contributed by atoms with E-state index < -0.39 is 4.92 Å². The molecule has 2 aromatic carbocycles. The predicted molar refractivity (Wildman–Crippen MR) is 89.0 cm³/mol. The number of hydrogen-bond donors (Lipinski definition) is 0. The lowest BCUT2D eigenvalue weighted by Crippen LogP contribution is -2.27. The average Bonchev–Trinajstić information content (AvgIpc) is 3.14. The highest BCUT2D eigenvalue weighted by Gasteiger charge is 2.19. The molecule has 0 aliphatic carbocycles. The van der Waals surface area contributed by atoms with E-state index in [1.165, 1.54) is 12.1 Å². The van der Waals surface area contributed by atoms with E-state index in [1.54, 1.807) is 36.4 Å². The van der Waals surface area contributed by atoms with E-state index in [-0.39, 0.29) is 18.2 Å². The van der Waals surface area contributed by atoms with Crippen molar-refractivity contribution in [2.75, 3.05) is 13.1 Å². The standard InChI is InChI=1S/C18H18N2O4/c21-18(19-10-1-2-11-19)15-6-8-17(9-7-15)24-13-14-4-3-5-16(12-14)20(22)23/h3-9,12H,1-2,10-11,13H2. The van der Waals surface area contributed by atoms with Crippen LogP contribution in [0.4, 0.5) is 5.69 Å². The van der Waals surface area contributed by atoms with E-state index in [0.717, 1.165) is 31.5 Å². The highest BCUT2D eigenvalue weighted by atomic mass is 16.6. The van der Waals surface area contributed by atoms with Gasteiger partial charge >= 0.3 is 0 Å². The maximum absolute atomic E-state index is 12.3. The summed E-state index contributed by atoms with van der Waals surface area (Å²) in [7, 11) is 0. The van der Waals surface area contributed by atoms with E-state index in [1.807, 2.05) is 4.90 Å². The summed E-state index contributed by atoms with van der Waals surface area (Å²) in [5.41, 5.74) is 1.42. The van der Waals surface area contributed by atoms with Gasteiger partial charge in [-0.1, -0.05) is 12.1 Å². The van der Waals surface area contributed by atoms with Crippen LogP contribution in [0.1, 0.15) is 28.8 Å². The molecule has 0 aromatic heterocycles. The van der Waals surface area contributed by atoms with Crippen LogP contribution in [0.3, 0.4) is 0 Å². The fourth-order valence-corrected chi connectivity index (χ4v) is 2.72. The third kappa shape index (κ3) is 3.71. The second kappa shape index (κ2) is 7.12. The second-order valence-corrected chi connectivity index (χ2v) is 5.74. The Balaban J connectivity index is 1.61. The lowest BCUT2D eigenvalue weighted by molar-refractivity contribution is -0.384. The molecule has 3 rings (SSSR count). The first-order valence-electron chi connectivity index (χ1n) is 7.89. The summed E-state index contributed by atoms with van der Waals surface area (Å²) in [6.45, 7) is 1.88. The molecule has 1 fully saturated rings. The van der Waals surface area contributed by atoms with E-state index >= 15 is 0 Å². The van der Waals surface area contributed by atoms with E-state index in [0.29, 0.717) is 11.3 Å². The van der Waals surface area contributed by atoms with E-state index in [4.69, 9.17) is 4.74 Å². The van der Waals surface area contributed by atoms with Gasteiger partial charge in [-0.05, 0) is 42.7 Å². The van der Waals surface area contributed by atoms with Crippen molar-refractivity contribution in [2.45, 2.75) is 19.4 Å². The van der Waals surface area contributed by atoms with Crippen molar-refractivity contribution in [1.82, 2.24) is 4.90 Å². The van der Waals surface area contributed by atoms with E-state index in [2.05, 4.69) is 0 Å². The van der Waals surface area contributed by atoms with Crippen LogP contribution >= 0.6 is 0 Å². The van der Waals surface area contributed by atoms with Gasteiger partial charge in [0.2, 0.25) is 0 Å². The molecule has 1 aliphatic rings. The minimum Gasteiger partial charge on any atom is -0.489 e. The summed E-state index contributed by atoms with van der Waals surface area (Å²) >= 11 is 0. The summed E-state index contributed by atoms with van der Waals surface area (Å²) in [5.74, 6) is 0.678. The van der Waals surface area contributed by atoms with E-state index in [9.17, 15) is 14.9 Å². The monoisotopic (exact) mass is 326 g/mol. The van der Waals surface area contributed by atoms with Gasteiger partial charge in [0, 0.05) is 30.8 Å². The average molecular weight is 326 g/mol. The molecule has 1 amide bonds. The number of hydrogen-bond acceptors (Lipinski definition) is 4. The fourth-order valence-electron chi connectivity index (χ4n) is 2.72. The van der Waals surface area contributed by atoms with Crippen LogP contribution < -0.4 is 4.74 Å². The normalized spacial score (nSPS) is 13.8. The quantitative estimate of drug-likeness (QED) is 0.623. The number of nitro groups is 1. The molecule has 2 aromatic rings. The van der Waals surface area contributed by atoms with Crippen LogP contribution in [0, 0.1) is 10.1 Å². The first kappa shape index (κ1) is 16.0. The summed E-state index contributed by atoms with van der Waals surface area (Å²) in [5, 5.41) is 10.8. The molecule has 6 heteroatoms. The van der Waals surface area contributed by atoms with Gasteiger partial charge in [-0.2, -0.15) is 0 Å².